The summed E-state index contributed by atoms with van der Waals surface area (Å²) in [6.07, 6.45) is -4.38. The van der Waals surface area contributed by atoms with Crippen LogP contribution in [0.2, 0.25) is 0 Å². The number of methoxy groups -OCH3 is 2. The third-order valence-corrected chi connectivity index (χ3v) is 5.03. The minimum Gasteiger partial charge on any atom is -0.497 e. The van der Waals surface area contributed by atoms with Gasteiger partial charge < -0.3 is 18.9 Å². The molecule has 1 atom stereocenters. The Morgan fingerprint density at radius 1 is 1.00 bits per heavy atom. The summed E-state index contributed by atoms with van der Waals surface area (Å²) in [6.45, 7) is 3.67. The van der Waals surface area contributed by atoms with E-state index in [1.807, 2.05) is 0 Å². The van der Waals surface area contributed by atoms with Gasteiger partial charge in [-0.2, -0.15) is 13.2 Å². The highest BCUT2D eigenvalue weighted by Gasteiger charge is 2.31. The molecular formula is C22H26F3NO4. The van der Waals surface area contributed by atoms with Gasteiger partial charge in [0.05, 0.1) is 33.0 Å². The van der Waals surface area contributed by atoms with E-state index in [4.69, 9.17) is 18.9 Å². The molecule has 1 aliphatic heterocycles. The van der Waals surface area contributed by atoms with Crippen LogP contribution in [0.15, 0.2) is 42.5 Å². The Hall–Kier alpha value is -2.45. The zero-order chi connectivity index (χ0) is 21.6. The van der Waals surface area contributed by atoms with Gasteiger partial charge in [-0.25, -0.2) is 0 Å². The van der Waals surface area contributed by atoms with Crippen LogP contribution in [0.5, 0.6) is 17.2 Å². The lowest BCUT2D eigenvalue weighted by Gasteiger charge is -2.29. The monoisotopic (exact) mass is 425 g/mol. The van der Waals surface area contributed by atoms with Gasteiger partial charge in [0.15, 0.2) is 0 Å². The van der Waals surface area contributed by atoms with Gasteiger partial charge in [-0.3, -0.25) is 4.90 Å². The molecule has 1 heterocycles. The van der Waals surface area contributed by atoms with Crippen LogP contribution < -0.4 is 14.2 Å². The van der Waals surface area contributed by atoms with Crippen molar-refractivity contribution in [3.05, 3.63) is 53.6 Å². The zero-order valence-corrected chi connectivity index (χ0v) is 17.1. The van der Waals surface area contributed by atoms with Gasteiger partial charge in [0, 0.05) is 31.6 Å². The lowest BCUT2D eigenvalue weighted by Crippen LogP contribution is -2.37. The Morgan fingerprint density at radius 2 is 1.77 bits per heavy atom. The molecule has 3 rings (SSSR count). The van der Waals surface area contributed by atoms with Crippen LogP contribution in [-0.4, -0.2) is 52.0 Å². The lowest BCUT2D eigenvalue weighted by molar-refractivity contribution is -0.137. The summed E-state index contributed by atoms with van der Waals surface area (Å²) in [5.41, 5.74) is -0.0212. The topological polar surface area (TPSA) is 40.2 Å². The number of ether oxygens (including phenoxy) is 4. The molecule has 1 fully saturated rings. The molecule has 0 radical (unpaired) electrons. The molecule has 1 aliphatic rings. The van der Waals surface area contributed by atoms with E-state index in [0.717, 1.165) is 30.8 Å². The summed E-state index contributed by atoms with van der Waals surface area (Å²) in [5, 5.41) is 0. The summed E-state index contributed by atoms with van der Waals surface area (Å²) < 4.78 is 61.6. The Balaban J connectivity index is 1.87. The van der Waals surface area contributed by atoms with Gasteiger partial charge in [0.25, 0.3) is 0 Å². The molecule has 0 aliphatic carbocycles. The molecule has 5 nitrogen and oxygen atoms in total. The summed E-state index contributed by atoms with van der Waals surface area (Å²) in [4.78, 5) is 2.25. The minimum absolute atomic E-state index is 0.154. The molecule has 0 saturated carbocycles. The molecule has 30 heavy (non-hydrogen) atoms. The van der Waals surface area contributed by atoms with Crippen LogP contribution in [0.3, 0.4) is 0 Å². The first-order valence-corrected chi connectivity index (χ1v) is 9.76. The molecule has 0 bridgehead atoms. The van der Waals surface area contributed by atoms with Crippen molar-refractivity contribution in [2.45, 2.75) is 18.7 Å². The van der Waals surface area contributed by atoms with Crippen molar-refractivity contribution < 1.29 is 32.1 Å². The van der Waals surface area contributed by atoms with E-state index >= 15 is 0 Å². The first-order valence-electron chi connectivity index (χ1n) is 9.76. The van der Waals surface area contributed by atoms with Gasteiger partial charge in [-0.15, -0.1) is 0 Å². The second-order valence-electron chi connectivity index (χ2n) is 6.98. The highest BCUT2D eigenvalue weighted by Crippen LogP contribution is 2.36. The smallest absolute Gasteiger partial charge is 0.416 e. The Labute approximate surface area is 174 Å². The molecule has 1 saturated heterocycles. The Kier molecular flexibility index (Phi) is 7.44. The van der Waals surface area contributed by atoms with Crippen LogP contribution in [0, 0.1) is 0 Å². The SMILES string of the molecule is COc1ccc(OC)c(C(CCN2CCOCC2)Oc2cccc(C(F)(F)F)c2)c1. The normalized spacial score (nSPS) is 16.2. The van der Waals surface area contributed by atoms with Crippen molar-refractivity contribution in [1.29, 1.82) is 0 Å². The summed E-state index contributed by atoms with van der Waals surface area (Å²) in [7, 11) is 3.11. The highest BCUT2D eigenvalue weighted by atomic mass is 19.4. The van der Waals surface area contributed by atoms with Crippen LogP contribution in [-0.2, 0) is 10.9 Å². The van der Waals surface area contributed by atoms with Crippen molar-refractivity contribution in [3.63, 3.8) is 0 Å². The minimum atomic E-state index is -4.43. The number of nitrogens with zero attached hydrogens (tertiary/aromatic N) is 1. The van der Waals surface area contributed by atoms with Crippen molar-refractivity contribution in [3.8, 4) is 17.2 Å². The molecule has 2 aromatic carbocycles. The number of halogens is 3. The van der Waals surface area contributed by atoms with Gasteiger partial charge >= 0.3 is 6.18 Å². The van der Waals surface area contributed by atoms with E-state index in [2.05, 4.69) is 4.90 Å². The molecule has 0 amide bonds. The summed E-state index contributed by atoms with van der Waals surface area (Å²) in [5.74, 6) is 1.37. The summed E-state index contributed by atoms with van der Waals surface area (Å²) >= 11 is 0. The Morgan fingerprint density at radius 3 is 2.43 bits per heavy atom. The number of benzene rings is 2. The van der Waals surface area contributed by atoms with Crippen molar-refractivity contribution in [2.75, 3.05) is 47.1 Å². The van der Waals surface area contributed by atoms with Crippen LogP contribution in [0.1, 0.15) is 23.7 Å². The molecule has 164 valence electrons. The van der Waals surface area contributed by atoms with E-state index in [9.17, 15) is 13.2 Å². The van der Waals surface area contributed by atoms with Crippen molar-refractivity contribution >= 4 is 0 Å². The maximum Gasteiger partial charge on any atom is 0.416 e. The number of alkyl halides is 3. The van der Waals surface area contributed by atoms with Gasteiger partial charge in [0.2, 0.25) is 0 Å². The van der Waals surface area contributed by atoms with E-state index in [-0.39, 0.29) is 5.75 Å². The standard InChI is InChI=1S/C22H26F3NO4/c1-27-17-6-7-20(28-2)19(15-17)21(8-9-26-10-12-29-13-11-26)30-18-5-3-4-16(14-18)22(23,24)25/h3-7,14-15,21H,8-13H2,1-2H3. The molecule has 0 aromatic heterocycles. The fraction of sp³-hybridized carbons (Fsp3) is 0.455. The van der Waals surface area contributed by atoms with Crippen LogP contribution >= 0.6 is 0 Å². The van der Waals surface area contributed by atoms with Crippen LogP contribution in [0.25, 0.3) is 0 Å². The lowest BCUT2D eigenvalue weighted by atomic mass is 10.0. The molecule has 0 N–H and O–H groups in total. The highest BCUT2D eigenvalue weighted by molar-refractivity contribution is 5.42. The fourth-order valence-corrected chi connectivity index (χ4v) is 3.40. The molecular weight excluding hydrogens is 399 g/mol. The molecule has 2 aromatic rings. The Bertz CT molecular complexity index is 822. The average molecular weight is 425 g/mol. The number of hydrogen-bond donors (Lipinski definition) is 0. The summed E-state index contributed by atoms with van der Waals surface area (Å²) in [6, 6.07) is 10.3. The maximum atomic E-state index is 13.1. The average Bonchev–Trinajstić information content (AvgIpc) is 2.76. The fourth-order valence-electron chi connectivity index (χ4n) is 3.40. The van der Waals surface area contributed by atoms with Crippen molar-refractivity contribution in [2.24, 2.45) is 0 Å². The predicted molar refractivity (Wildman–Crippen MR) is 106 cm³/mol. The maximum absolute atomic E-state index is 13.1. The van der Waals surface area contributed by atoms with E-state index < -0.39 is 17.8 Å². The molecule has 0 spiro atoms. The predicted octanol–water partition coefficient (Wildman–Crippen LogP) is 4.57. The van der Waals surface area contributed by atoms with Gasteiger partial charge in [-0.05, 0) is 36.4 Å². The molecule has 1 unspecified atom stereocenters. The van der Waals surface area contributed by atoms with E-state index in [1.54, 1.807) is 32.4 Å². The first-order chi connectivity index (χ1) is 14.4. The number of morpholine rings is 1. The quantitative estimate of drug-likeness (QED) is 0.620. The van der Waals surface area contributed by atoms with Crippen LogP contribution in [0.4, 0.5) is 13.2 Å². The molecule has 8 heteroatoms. The van der Waals surface area contributed by atoms with Gasteiger partial charge in [0.1, 0.15) is 23.4 Å². The van der Waals surface area contributed by atoms with Crippen molar-refractivity contribution in [1.82, 2.24) is 4.90 Å². The number of hydrogen-bond acceptors (Lipinski definition) is 5. The largest absolute Gasteiger partial charge is 0.497 e. The second kappa shape index (κ2) is 10.0. The zero-order valence-electron chi connectivity index (χ0n) is 17.1. The third-order valence-electron chi connectivity index (χ3n) is 5.03. The second-order valence-corrected chi connectivity index (χ2v) is 6.98. The number of rotatable bonds is 8. The van der Waals surface area contributed by atoms with Gasteiger partial charge in [-0.1, -0.05) is 6.07 Å². The van der Waals surface area contributed by atoms with E-state index in [0.29, 0.717) is 37.7 Å². The first kappa shape index (κ1) is 22.2. The van der Waals surface area contributed by atoms with E-state index in [1.165, 1.54) is 12.1 Å². The third kappa shape index (κ3) is 5.79.